The number of aromatic nitrogens is 1. The van der Waals surface area contributed by atoms with E-state index in [1.807, 2.05) is 12.3 Å². The van der Waals surface area contributed by atoms with Crippen LogP contribution in [0.1, 0.15) is 10.7 Å². The van der Waals surface area contributed by atoms with Crippen LogP contribution in [0.4, 0.5) is 5.69 Å². The van der Waals surface area contributed by atoms with Crippen molar-refractivity contribution in [2.24, 2.45) is 0 Å². The van der Waals surface area contributed by atoms with Crippen LogP contribution >= 0.6 is 11.3 Å². The normalized spacial score (nSPS) is 10.2. The highest BCUT2D eigenvalue weighted by molar-refractivity contribution is 7.09. The molecule has 0 bridgehead atoms. The zero-order valence-electron chi connectivity index (χ0n) is 11.6. The predicted octanol–water partition coefficient (Wildman–Crippen LogP) is 2.65. The smallest absolute Gasteiger partial charge is 0.230 e. The Labute approximate surface area is 121 Å². The molecule has 2 rings (SSSR count). The third-order valence-corrected chi connectivity index (χ3v) is 3.51. The zero-order valence-corrected chi connectivity index (χ0v) is 12.4. The van der Waals surface area contributed by atoms with Gasteiger partial charge in [0.15, 0.2) is 0 Å². The molecule has 1 heterocycles. The van der Waals surface area contributed by atoms with E-state index in [1.54, 1.807) is 32.4 Å². The lowest BCUT2D eigenvalue weighted by molar-refractivity contribution is -0.115. The fourth-order valence-electron chi connectivity index (χ4n) is 1.75. The lowest BCUT2D eigenvalue weighted by Crippen LogP contribution is -2.15. The Morgan fingerprint density at radius 2 is 2.15 bits per heavy atom. The predicted molar refractivity (Wildman–Crippen MR) is 78.7 cm³/mol. The van der Waals surface area contributed by atoms with Crippen LogP contribution in [0.2, 0.25) is 0 Å². The number of anilines is 1. The van der Waals surface area contributed by atoms with Gasteiger partial charge in [-0.05, 0) is 19.1 Å². The summed E-state index contributed by atoms with van der Waals surface area (Å²) in [5, 5.41) is 5.66. The fourth-order valence-corrected chi connectivity index (χ4v) is 2.36. The molecule has 5 nitrogen and oxygen atoms in total. The minimum absolute atomic E-state index is 0.126. The number of carbonyl (C=O) groups is 1. The number of ether oxygens (including phenoxy) is 2. The van der Waals surface area contributed by atoms with Gasteiger partial charge >= 0.3 is 0 Å². The maximum absolute atomic E-state index is 12.0. The summed E-state index contributed by atoms with van der Waals surface area (Å²) in [6, 6.07) is 5.25. The Morgan fingerprint density at radius 3 is 2.75 bits per heavy atom. The van der Waals surface area contributed by atoms with Crippen molar-refractivity contribution in [3.63, 3.8) is 0 Å². The van der Waals surface area contributed by atoms with Crippen LogP contribution in [0.15, 0.2) is 23.6 Å². The van der Waals surface area contributed by atoms with Gasteiger partial charge in [-0.1, -0.05) is 0 Å². The number of nitrogens with one attached hydrogen (secondary N) is 1. The first-order chi connectivity index (χ1) is 9.62. The fraction of sp³-hybridized carbons (Fsp3) is 0.286. The van der Waals surface area contributed by atoms with Crippen LogP contribution in [0.25, 0.3) is 0 Å². The quantitative estimate of drug-likeness (QED) is 0.920. The van der Waals surface area contributed by atoms with Crippen LogP contribution in [0.5, 0.6) is 11.5 Å². The van der Waals surface area contributed by atoms with E-state index in [4.69, 9.17) is 9.47 Å². The van der Waals surface area contributed by atoms with Gasteiger partial charge in [0.2, 0.25) is 5.91 Å². The minimum Gasteiger partial charge on any atom is -0.497 e. The molecule has 20 heavy (non-hydrogen) atoms. The van der Waals surface area contributed by atoms with E-state index >= 15 is 0 Å². The molecule has 0 atom stereocenters. The molecule has 1 N–H and O–H groups in total. The van der Waals surface area contributed by atoms with E-state index in [2.05, 4.69) is 10.3 Å². The molecule has 6 heteroatoms. The molecule has 1 aromatic carbocycles. The van der Waals surface area contributed by atoms with Gasteiger partial charge in [-0.15, -0.1) is 11.3 Å². The summed E-state index contributed by atoms with van der Waals surface area (Å²) in [4.78, 5) is 16.2. The second kappa shape index (κ2) is 6.38. The Bertz CT molecular complexity index is 610. The van der Waals surface area contributed by atoms with Crippen molar-refractivity contribution in [1.29, 1.82) is 0 Å². The third kappa shape index (κ3) is 3.48. The molecule has 0 fully saturated rings. The lowest BCUT2D eigenvalue weighted by atomic mass is 10.2. The summed E-state index contributed by atoms with van der Waals surface area (Å²) in [7, 11) is 3.13. The van der Waals surface area contributed by atoms with E-state index in [0.717, 1.165) is 10.7 Å². The van der Waals surface area contributed by atoms with E-state index in [9.17, 15) is 4.79 Å². The van der Waals surface area contributed by atoms with E-state index in [0.29, 0.717) is 17.2 Å². The van der Waals surface area contributed by atoms with Crippen LogP contribution in [0, 0.1) is 6.92 Å². The van der Waals surface area contributed by atoms with Crippen molar-refractivity contribution in [3.8, 4) is 11.5 Å². The molecule has 0 unspecified atom stereocenters. The SMILES string of the molecule is COc1ccc(NC(=O)Cc2csc(C)n2)c(OC)c1. The molecule has 1 aromatic heterocycles. The molecule has 0 aliphatic rings. The number of benzene rings is 1. The van der Waals surface area contributed by atoms with Gasteiger partial charge < -0.3 is 14.8 Å². The first-order valence-corrected chi connectivity index (χ1v) is 6.93. The maximum Gasteiger partial charge on any atom is 0.230 e. The van der Waals surface area contributed by atoms with Gasteiger partial charge in [-0.25, -0.2) is 4.98 Å². The Balaban J connectivity index is 2.07. The van der Waals surface area contributed by atoms with E-state index in [1.165, 1.54) is 11.3 Å². The molecule has 0 spiro atoms. The Hall–Kier alpha value is -2.08. The summed E-state index contributed by atoms with van der Waals surface area (Å²) in [5.41, 5.74) is 1.39. The highest BCUT2D eigenvalue weighted by Crippen LogP contribution is 2.29. The number of rotatable bonds is 5. The maximum atomic E-state index is 12.0. The molecular formula is C14H16N2O3S. The van der Waals surface area contributed by atoms with Crippen LogP contribution in [-0.4, -0.2) is 25.1 Å². The van der Waals surface area contributed by atoms with Gasteiger partial charge in [0.1, 0.15) is 11.5 Å². The van der Waals surface area contributed by atoms with Gasteiger partial charge in [0.25, 0.3) is 0 Å². The van der Waals surface area contributed by atoms with Gasteiger partial charge in [-0.2, -0.15) is 0 Å². The largest absolute Gasteiger partial charge is 0.497 e. The minimum atomic E-state index is -0.126. The summed E-state index contributed by atoms with van der Waals surface area (Å²) in [5.74, 6) is 1.11. The molecule has 0 aliphatic carbocycles. The van der Waals surface area contributed by atoms with Crippen molar-refractivity contribution in [2.75, 3.05) is 19.5 Å². The van der Waals surface area contributed by atoms with Gasteiger partial charge in [-0.3, -0.25) is 4.79 Å². The molecule has 0 aliphatic heterocycles. The standard InChI is InChI=1S/C14H16N2O3S/c1-9-15-10(8-20-9)6-14(17)16-12-5-4-11(18-2)7-13(12)19-3/h4-5,7-8H,6H2,1-3H3,(H,16,17). The molecule has 1 amide bonds. The Kier molecular flexibility index (Phi) is 4.57. The number of aryl methyl sites for hydroxylation is 1. The third-order valence-electron chi connectivity index (χ3n) is 2.69. The molecule has 0 radical (unpaired) electrons. The summed E-state index contributed by atoms with van der Waals surface area (Å²) >= 11 is 1.53. The average Bonchev–Trinajstić information content (AvgIpc) is 2.84. The summed E-state index contributed by atoms with van der Waals surface area (Å²) < 4.78 is 10.3. The van der Waals surface area contributed by atoms with Crippen molar-refractivity contribution in [3.05, 3.63) is 34.3 Å². The zero-order chi connectivity index (χ0) is 14.5. The van der Waals surface area contributed by atoms with Crippen LogP contribution in [0.3, 0.4) is 0 Å². The molecule has 106 valence electrons. The number of methoxy groups -OCH3 is 2. The van der Waals surface area contributed by atoms with Gasteiger partial charge in [0.05, 0.1) is 37.0 Å². The number of amides is 1. The number of thiazole rings is 1. The lowest BCUT2D eigenvalue weighted by Gasteiger charge is -2.11. The van der Waals surface area contributed by atoms with Crippen molar-refractivity contribution < 1.29 is 14.3 Å². The molecule has 0 saturated carbocycles. The van der Waals surface area contributed by atoms with E-state index in [-0.39, 0.29) is 12.3 Å². The molecule has 2 aromatic rings. The molecule has 0 saturated heterocycles. The second-order valence-electron chi connectivity index (χ2n) is 4.15. The van der Waals surface area contributed by atoms with Crippen molar-refractivity contribution in [1.82, 2.24) is 4.98 Å². The topological polar surface area (TPSA) is 60.5 Å². The van der Waals surface area contributed by atoms with Crippen LogP contribution in [-0.2, 0) is 11.2 Å². The van der Waals surface area contributed by atoms with Gasteiger partial charge in [0, 0.05) is 11.4 Å². The first kappa shape index (κ1) is 14.3. The van der Waals surface area contributed by atoms with Crippen molar-refractivity contribution >= 4 is 22.9 Å². The van der Waals surface area contributed by atoms with Crippen LogP contribution < -0.4 is 14.8 Å². The first-order valence-electron chi connectivity index (χ1n) is 6.05. The summed E-state index contributed by atoms with van der Waals surface area (Å²) in [6.45, 7) is 1.92. The number of nitrogens with zero attached hydrogens (tertiary/aromatic N) is 1. The monoisotopic (exact) mass is 292 g/mol. The number of carbonyl (C=O) groups excluding carboxylic acids is 1. The number of hydrogen-bond acceptors (Lipinski definition) is 5. The van der Waals surface area contributed by atoms with E-state index < -0.39 is 0 Å². The molecular weight excluding hydrogens is 276 g/mol. The van der Waals surface area contributed by atoms with Crippen molar-refractivity contribution in [2.45, 2.75) is 13.3 Å². The number of hydrogen-bond donors (Lipinski definition) is 1. The Morgan fingerprint density at radius 1 is 1.35 bits per heavy atom. The average molecular weight is 292 g/mol. The summed E-state index contributed by atoms with van der Waals surface area (Å²) in [6.07, 6.45) is 0.250. The highest BCUT2D eigenvalue weighted by Gasteiger charge is 2.10. The highest BCUT2D eigenvalue weighted by atomic mass is 32.1. The second-order valence-corrected chi connectivity index (χ2v) is 5.21.